The lowest BCUT2D eigenvalue weighted by Gasteiger charge is -2.23. The molecule has 0 amide bonds. The highest BCUT2D eigenvalue weighted by molar-refractivity contribution is 7.89. The second-order valence-corrected chi connectivity index (χ2v) is 9.79. The summed E-state index contributed by atoms with van der Waals surface area (Å²) in [5, 5.41) is 0.148. The Morgan fingerprint density at radius 3 is 2.30 bits per heavy atom. The maximum atomic E-state index is 13.0. The molecule has 2 unspecified atom stereocenters. The van der Waals surface area contributed by atoms with Crippen molar-refractivity contribution >= 4 is 15.8 Å². The fourth-order valence-corrected chi connectivity index (χ4v) is 5.50. The van der Waals surface area contributed by atoms with Gasteiger partial charge in [0.15, 0.2) is 5.03 Å². The highest BCUT2D eigenvalue weighted by atomic mass is 32.2. The zero-order valence-corrected chi connectivity index (χ0v) is 17.0. The Morgan fingerprint density at radius 1 is 1.04 bits per heavy atom. The number of aryl methyl sites for hydroxylation is 1. The van der Waals surface area contributed by atoms with Gasteiger partial charge in [-0.05, 0) is 39.5 Å². The first-order valence-electron chi connectivity index (χ1n) is 9.34. The number of anilines is 1. The van der Waals surface area contributed by atoms with Gasteiger partial charge in [0.2, 0.25) is 0 Å². The van der Waals surface area contributed by atoms with Crippen LogP contribution < -0.4 is 4.90 Å². The summed E-state index contributed by atoms with van der Waals surface area (Å²) < 4.78 is 29.4. The van der Waals surface area contributed by atoms with E-state index in [-0.39, 0.29) is 11.1 Å². The van der Waals surface area contributed by atoms with Gasteiger partial charge in [-0.25, -0.2) is 23.4 Å². The van der Waals surface area contributed by atoms with Gasteiger partial charge in [0.1, 0.15) is 12.1 Å². The third-order valence-corrected chi connectivity index (χ3v) is 7.56. The van der Waals surface area contributed by atoms with Crippen molar-refractivity contribution in [3.63, 3.8) is 0 Å². The molecule has 2 aromatic rings. The largest absolute Gasteiger partial charge is 0.356 e. The predicted octanol–water partition coefficient (Wildman–Crippen LogP) is 1.63. The second kappa shape index (κ2) is 6.56. The Bertz CT molecular complexity index is 941. The van der Waals surface area contributed by atoms with Crippen molar-refractivity contribution in [2.24, 2.45) is 11.8 Å². The molecule has 2 saturated heterocycles. The number of aromatic nitrogens is 4. The molecular weight excluding hydrogens is 364 g/mol. The van der Waals surface area contributed by atoms with Gasteiger partial charge in [-0.1, -0.05) is 0 Å². The summed E-state index contributed by atoms with van der Waals surface area (Å²) in [7, 11) is -3.53. The van der Waals surface area contributed by atoms with Crippen LogP contribution in [0, 0.1) is 25.7 Å². The van der Waals surface area contributed by atoms with Crippen LogP contribution in [0.25, 0.3) is 0 Å². The zero-order chi connectivity index (χ0) is 19.3. The standard InChI is InChI=1S/C18H26N6O2S/c1-12(2)23-9-17(21-11-23)27(25,26)24-7-15-5-22(6-16(15)8-24)18-13(3)14(4)19-10-20-18/h9-12,15-16H,5-8H2,1-4H3. The lowest BCUT2D eigenvalue weighted by Crippen LogP contribution is -2.34. The molecule has 2 aliphatic rings. The van der Waals surface area contributed by atoms with Gasteiger partial charge >= 0.3 is 0 Å². The summed E-state index contributed by atoms with van der Waals surface area (Å²) in [5.41, 5.74) is 2.09. The van der Waals surface area contributed by atoms with E-state index in [4.69, 9.17) is 0 Å². The summed E-state index contributed by atoms with van der Waals surface area (Å²) >= 11 is 0. The first-order valence-corrected chi connectivity index (χ1v) is 10.8. The molecular formula is C18H26N6O2S. The van der Waals surface area contributed by atoms with Crippen molar-refractivity contribution in [2.45, 2.75) is 38.8 Å². The third-order valence-electron chi connectivity index (χ3n) is 5.84. The van der Waals surface area contributed by atoms with E-state index in [1.54, 1.807) is 23.2 Å². The van der Waals surface area contributed by atoms with Gasteiger partial charge in [-0.3, -0.25) is 0 Å². The zero-order valence-electron chi connectivity index (χ0n) is 16.2. The topological polar surface area (TPSA) is 84.2 Å². The summed E-state index contributed by atoms with van der Waals surface area (Å²) in [4.78, 5) is 15.1. The Morgan fingerprint density at radius 2 is 1.70 bits per heavy atom. The van der Waals surface area contributed by atoms with E-state index in [1.807, 2.05) is 32.3 Å². The average Bonchev–Trinajstić information content (AvgIpc) is 3.31. The Balaban J connectivity index is 1.48. The molecule has 0 N–H and O–H groups in total. The first-order chi connectivity index (χ1) is 12.8. The van der Waals surface area contributed by atoms with Gasteiger partial charge in [-0.2, -0.15) is 4.31 Å². The van der Waals surface area contributed by atoms with Gasteiger partial charge in [0.05, 0.1) is 6.33 Å². The molecule has 0 spiro atoms. The lowest BCUT2D eigenvalue weighted by atomic mass is 10.0. The minimum atomic E-state index is -3.53. The van der Waals surface area contributed by atoms with Crippen LogP contribution in [0.1, 0.15) is 31.1 Å². The minimum Gasteiger partial charge on any atom is -0.356 e. The minimum absolute atomic E-state index is 0.148. The van der Waals surface area contributed by atoms with Crippen molar-refractivity contribution in [1.82, 2.24) is 23.8 Å². The van der Waals surface area contributed by atoms with Crippen LogP contribution >= 0.6 is 0 Å². The molecule has 0 radical (unpaired) electrons. The first kappa shape index (κ1) is 18.4. The van der Waals surface area contributed by atoms with Crippen LogP contribution in [0.4, 0.5) is 5.82 Å². The number of nitrogens with zero attached hydrogens (tertiary/aromatic N) is 6. The molecule has 0 bridgehead atoms. The molecule has 27 heavy (non-hydrogen) atoms. The van der Waals surface area contributed by atoms with E-state index < -0.39 is 10.0 Å². The number of rotatable bonds is 4. The maximum absolute atomic E-state index is 13.0. The molecule has 2 atom stereocenters. The van der Waals surface area contributed by atoms with Gasteiger partial charge in [0.25, 0.3) is 10.0 Å². The quantitative estimate of drug-likeness (QED) is 0.789. The molecule has 146 valence electrons. The van der Waals surface area contributed by atoms with E-state index in [0.29, 0.717) is 24.9 Å². The van der Waals surface area contributed by atoms with E-state index >= 15 is 0 Å². The second-order valence-electron chi connectivity index (χ2n) is 7.91. The van der Waals surface area contributed by atoms with Crippen LogP contribution in [0.5, 0.6) is 0 Å². The summed E-state index contributed by atoms with van der Waals surface area (Å²) in [5.74, 6) is 1.62. The van der Waals surface area contributed by atoms with Crippen LogP contribution in [0.15, 0.2) is 23.9 Å². The predicted molar refractivity (Wildman–Crippen MR) is 102 cm³/mol. The number of sulfonamides is 1. The molecule has 0 aliphatic carbocycles. The van der Waals surface area contributed by atoms with E-state index in [9.17, 15) is 8.42 Å². The summed E-state index contributed by atoms with van der Waals surface area (Å²) in [6.07, 6.45) is 4.83. The van der Waals surface area contributed by atoms with Gasteiger partial charge in [0, 0.05) is 49.7 Å². The summed E-state index contributed by atoms with van der Waals surface area (Å²) in [6, 6.07) is 0.188. The van der Waals surface area contributed by atoms with Crippen LogP contribution in [-0.2, 0) is 10.0 Å². The van der Waals surface area contributed by atoms with Crippen LogP contribution in [-0.4, -0.2) is 58.4 Å². The van der Waals surface area contributed by atoms with Crippen molar-refractivity contribution < 1.29 is 8.42 Å². The van der Waals surface area contributed by atoms with Crippen molar-refractivity contribution in [3.8, 4) is 0 Å². The normalized spacial score (nSPS) is 23.4. The number of hydrogen-bond donors (Lipinski definition) is 0. The molecule has 8 nitrogen and oxygen atoms in total. The Kier molecular flexibility index (Phi) is 4.46. The average molecular weight is 391 g/mol. The van der Waals surface area contributed by atoms with Gasteiger partial charge in [-0.15, -0.1) is 0 Å². The molecule has 4 heterocycles. The number of fused-ring (bicyclic) bond motifs is 1. The SMILES string of the molecule is Cc1ncnc(N2CC3CN(S(=O)(=O)c4cn(C(C)C)cn4)CC3C2)c1C. The molecule has 2 fully saturated rings. The Hall–Kier alpha value is -2.00. The molecule has 4 rings (SSSR count). The maximum Gasteiger partial charge on any atom is 0.262 e. The van der Waals surface area contributed by atoms with Crippen LogP contribution in [0.3, 0.4) is 0 Å². The van der Waals surface area contributed by atoms with Gasteiger partial charge < -0.3 is 9.47 Å². The molecule has 2 aliphatic heterocycles. The summed E-state index contributed by atoms with van der Waals surface area (Å²) in [6.45, 7) is 10.8. The fraction of sp³-hybridized carbons (Fsp3) is 0.611. The van der Waals surface area contributed by atoms with E-state index in [1.165, 1.54) is 0 Å². The highest BCUT2D eigenvalue weighted by Crippen LogP contribution is 2.36. The highest BCUT2D eigenvalue weighted by Gasteiger charge is 2.45. The van der Waals surface area contributed by atoms with Crippen molar-refractivity contribution in [2.75, 3.05) is 31.1 Å². The smallest absolute Gasteiger partial charge is 0.262 e. The van der Waals surface area contributed by atoms with E-state index in [0.717, 1.165) is 30.2 Å². The third kappa shape index (κ3) is 3.12. The van der Waals surface area contributed by atoms with Crippen molar-refractivity contribution in [1.29, 1.82) is 0 Å². The molecule has 2 aromatic heterocycles. The lowest BCUT2D eigenvalue weighted by molar-refractivity contribution is 0.450. The molecule has 0 saturated carbocycles. The monoisotopic (exact) mass is 390 g/mol. The molecule has 0 aromatic carbocycles. The molecule has 9 heteroatoms. The van der Waals surface area contributed by atoms with E-state index in [2.05, 4.69) is 19.9 Å². The number of imidazole rings is 1. The van der Waals surface area contributed by atoms with Crippen LogP contribution in [0.2, 0.25) is 0 Å². The van der Waals surface area contributed by atoms with Crippen molar-refractivity contribution in [3.05, 3.63) is 30.1 Å². The Labute approximate surface area is 160 Å². The number of hydrogen-bond acceptors (Lipinski definition) is 6. The fourth-order valence-electron chi connectivity index (χ4n) is 4.03.